The van der Waals surface area contributed by atoms with Crippen LogP contribution >= 0.6 is 11.6 Å². The van der Waals surface area contributed by atoms with E-state index in [1.807, 2.05) is 42.7 Å². The summed E-state index contributed by atoms with van der Waals surface area (Å²) in [6, 6.07) is 10.0. The fraction of sp³-hybridized carbons (Fsp3) is 0.417. The van der Waals surface area contributed by atoms with Crippen LogP contribution in [0.25, 0.3) is 11.1 Å². The van der Waals surface area contributed by atoms with E-state index in [-0.39, 0.29) is 6.04 Å². The molecule has 8 heteroatoms. The number of nitrogen functional groups attached to an aromatic ring is 1. The zero-order chi connectivity index (χ0) is 21.9. The first-order chi connectivity index (χ1) is 15.7. The Kier molecular flexibility index (Phi) is 6.19. The quantitative estimate of drug-likeness (QED) is 0.613. The van der Waals surface area contributed by atoms with E-state index in [0.29, 0.717) is 11.0 Å². The maximum atomic E-state index is 6.11. The van der Waals surface area contributed by atoms with E-state index in [2.05, 4.69) is 19.8 Å². The molecule has 7 nitrogen and oxygen atoms in total. The summed E-state index contributed by atoms with van der Waals surface area (Å²) < 4.78 is 0. The van der Waals surface area contributed by atoms with Gasteiger partial charge in [0.25, 0.3) is 0 Å². The van der Waals surface area contributed by atoms with Crippen LogP contribution in [-0.4, -0.2) is 44.5 Å². The van der Waals surface area contributed by atoms with E-state index in [9.17, 15) is 0 Å². The van der Waals surface area contributed by atoms with E-state index in [0.717, 1.165) is 73.9 Å². The van der Waals surface area contributed by atoms with Gasteiger partial charge in [-0.05, 0) is 56.0 Å². The Hall–Kier alpha value is -2.77. The fourth-order valence-corrected chi connectivity index (χ4v) is 4.88. The molecule has 0 amide bonds. The van der Waals surface area contributed by atoms with Crippen molar-refractivity contribution in [1.82, 2.24) is 24.8 Å². The van der Waals surface area contributed by atoms with Gasteiger partial charge in [-0.2, -0.15) is 0 Å². The second-order valence-electron chi connectivity index (χ2n) is 8.56. The van der Waals surface area contributed by atoms with Gasteiger partial charge in [0.15, 0.2) is 0 Å². The summed E-state index contributed by atoms with van der Waals surface area (Å²) >= 11 is 6.11. The molecule has 0 unspecified atom stereocenters. The average Bonchev–Trinajstić information content (AvgIpc) is 3.36. The van der Waals surface area contributed by atoms with Gasteiger partial charge in [0.2, 0.25) is 11.9 Å². The number of aromatic nitrogens is 4. The third kappa shape index (κ3) is 4.54. The third-order valence-electron chi connectivity index (χ3n) is 6.38. The normalized spacial score (nSPS) is 19.4. The molecule has 2 aliphatic rings. The summed E-state index contributed by atoms with van der Waals surface area (Å²) in [5.74, 6) is 1.16. The van der Waals surface area contributed by atoms with Gasteiger partial charge in [-0.15, -0.1) is 0 Å². The second-order valence-corrected chi connectivity index (χ2v) is 8.99. The van der Waals surface area contributed by atoms with Gasteiger partial charge in [0.1, 0.15) is 0 Å². The highest BCUT2D eigenvalue weighted by molar-refractivity contribution is 6.30. The molecule has 2 saturated heterocycles. The highest BCUT2D eigenvalue weighted by atomic mass is 35.5. The Morgan fingerprint density at radius 3 is 2.53 bits per heavy atom. The monoisotopic (exact) mass is 449 g/mol. The van der Waals surface area contributed by atoms with Crippen molar-refractivity contribution in [2.24, 2.45) is 0 Å². The third-order valence-corrected chi connectivity index (χ3v) is 6.63. The summed E-state index contributed by atoms with van der Waals surface area (Å²) in [5, 5.41) is 0.712. The van der Waals surface area contributed by atoms with Crippen molar-refractivity contribution in [2.75, 3.05) is 30.3 Å². The standard InChI is InChI=1S/C24H28ClN7/c25-18-8-6-17(7-9-18)20-15-28-23(26)30-22(20)21-5-1-2-14-32(21)16-19-10-11-27-24(29-19)31-12-3-4-13-31/h6-11,15,21H,1-5,12-14,16H2,(H2,26,28,30)/t21-/m0/s1. The van der Waals surface area contributed by atoms with Crippen molar-refractivity contribution in [3.63, 3.8) is 0 Å². The number of likely N-dealkylation sites (tertiary alicyclic amines) is 1. The molecule has 3 aromatic rings. The van der Waals surface area contributed by atoms with Gasteiger partial charge in [0.05, 0.1) is 17.4 Å². The highest BCUT2D eigenvalue weighted by Crippen LogP contribution is 2.37. The zero-order valence-electron chi connectivity index (χ0n) is 18.1. The maximum Gasteiger partial charge on any atom is 0.225 e. The molecule has 0 radical (unpaired) electrons. The van der Waals surface area contributed by atoms with Crippen LogP contribution < -0.4 is 10.6 Å². The molecule has 2 fully saturated rings. The van der Waals surface area contributed by atoms with Gasteiger partial charge in [-0.3, -0.25) is 4.90 Å². The largest absolute Gasteiger partial charge is 0.368 e. The Bertz CT molecular complexity index is 1070. The SMILES string of the molecule is Nc1ncc(-c2ccc(Cl)cc2)c([C@@H]2CCCCN2Cc2ccnc(N3CCCC3)n2)n1. The van der Waals surface area contributed by atoms with Crippen molar-refractivity contribution in [2.45, 2.75) is 44.7 Å². The van der Waals surface area contributed by atoms with E-state index in [4.69, 9.17) is 27.3 Å². The minimum atomic E-state index is 0.157. The van der Waals surface area contributed by atoms with Crippen LogP contribution in [-0.2, 0) is 6.54 Å². The molecule has 1 atom stereocenters. The lowest BCUT2D eigenvalue weighted by molar-refractivity contribution is 0.136. The number of hydrogen-bond donors (Lipinski definition) is 1. The van der Waals surface area contributed by atoms with Gasteiger partial charge in [-0.1, -0.05) is 30.2 Å². The number of nitrogens with zero attached hydrogens (tertiary/aromatic N) is 6. The lowest BCUT2D eigenvalue weighted by Crippen LogP contribution is -2.34. The van der Waals surface area contributed by atoms with Crippen LogP contribution in [0, 0.1) is 0 Å². The summed E-state index contributed by atoms with van der Waals surface area (Å²) in [6.45, 7) is 3.84. The van der Waals surface area contributed by atoms with Crippen molar-refractivity contribution >= 4 is 23.5 Å². The van der Waals surface area contributed by atoms with Crippen LogP contribution in [0.2, 0.25) is 5.02 Å². The van der Waals surface area contributed by atoms with Gasteiger partial charge in [0, 0.05) is 42.6 Å². The lowest BCUT2D eigenvalue weighted by Gasteiger charge is -2.36. The van der Waals surface area contributed by atoms with Crippen LogP contribution in [0.1, 0.15) is 49.5 Å². The van der Waals surface area contributed by atoms with E-state index < -0.39 is 0 Å². The van der Waals surface area contributed by atoms with E-state index >= 15 is 0 Å². The highest BCUT2D eigenvalue weighted by Gasteiger charge is 2.29. The summed E-state index contributed by atoms with van der Waals surface area (Å²) in [4.78, 5) is 23.2. The average molecular weight is 450 g/mol. The molecule has 32 heavy (non-hydrogen) atoms. The number of benzene rings is 1. The van der Waals surface area contributed by atoms with Crippen LogP contribution in [0.3, 0.4) is 0 Å². The number of nitrogens with two attached hydrogens (primary N) is 1. The van der Waals surface area contributed by atoms with Crippen molar-refractivity contribution in [3.05, 3.63) is 59.1 Å². The fourth-order valence-electron chi connectivity index (χ4n) is 4.76. The predicted molar refractivity (Wildman–Crippen MR) is 127 cm³/mol. The molecule has 2 N–H and O–H groups in total. The van der Waals surface area contributed by atoms with Crippen molar-refractivity contribution in [1.29, 1.82) is 0 Å². The van der Waals surface area contributed by atoms with Gasteiger partial charge < -0.3 is 10.6 Å². The summed E-state index contributed by atoms with van der Waals surface area (Å²) in [7, 11) is 0. The molecule has 1 aromatic carbocycles. The van der Waals surface area contributed by atoms with Crippen LogP contribution in [0.4, 0.5) is 11.9 Å². The Morgan fingerprint density at radius 2 is 1.72 bits per heavy atom. The van der Waals surface area contributed by atoms with Crippen LogP contribution in [0.5, 0.6) is 0 Å². The van der Waals surface area contributed by atoms with Crippen molar-refractivity contribution in [3.8, 4) is 11.1 Å². The van der Waals surface area contributed by atoms with E-state index in [1.54, 1.807) is 0 Å². The molecule has 0 aliphatic carbocycles. The Labute approximate surface area is 193 Å². The van der Waals surface area contributed by atoms with Crippen LogP contribution in [0.15, 0.2) is 42.7 Å². The molecule has 4 heterocycles. The maximum absolute atomic E-state index is 6.11. The first kappa shape index (κ1) is 21.1. The number of anilines is 2. The number of rotatable bonds is 5. The predicted octanol–water partition coefficient (Wildman–Crippen LogP) is 4.50. The summed E-state index contributed by atoms with van der Waals surface area (Å²) in [5.41, 5.74) is 10.1. The number of piperidine rings is 1. The van der Waals surface area contributed by atoms with E-state index in [1.165, 1.54) is 12.8 Å². The lowest BCUT2D eigenvalue weighted by atomic mass is 9.93. The molecule has 166 valence electrons. The minimum absolute atomic E-state index is 0.157. The number of halogens is 1. The first-order valence-electron chi connectivity index (χ1n) is 11.4. The number of hydrogen-bond acceptors (Lipinski definition) is 7. The topological polar surface area (TPSA) is 84.1 Å². The van der Waals surface area contributed by atoms with Gasteiger partial charge >= 0.3 is 0 Å². The Balaban J connectivity index is 1.45. The second kappa shape index (κ2) is 9.38. The molecule has 0 saturated carbocycles. The van der Waals surface area contributed by atoms with Gasteiger partial charge in [-0.25, -0.2) is 19.9 Å². The summed E-state index contributed by atoms with van der Waals surface area (Å²) in [6.07, 6.45) is 9.50. The van der Waals surface area contributed by atoms with Crippen molar-refractivity contribution < 1.29 is 0 Å². The zero-order valence-corrected chi connectivity index (χ0v) is 18.9. The molecular formula is C24H28ClN7. The first-order valence-corrected chi connectivity index (χ1v) is 11.7. The molecule has 0 bridgehead atoms. The molecule has 2 aliphatic heterocycles. The molecule has 0 spiro atoms. The molecule has 5 rings (SSSR count). The smallest absolute Gasteiger partial charge is 0.225 e. The molecule has 2 aromatic heterocycles. The molecular weight excluding hydrogens is 422 g/mol. The Morgan fingerprint density at radius 1 is 0.938 bits per heavy atom. The minimum Gasteiger partial charge on any atom is -0.368 e.